The van der Waals surface area contributed by atoms with Gasteiger partial charge in [0.1, 0.15) is 18.2 Å². The van der Waals surface area contributed by atoms with Gasteiger partial charge in [-0.05, 0) is 42.9 Å². The van der Waals surface area contributed by atoms with Crippen molar-refractivity contribution in [2.24, 2.45) is 17.8 Å². The number of nitrogens with one attached hydrogen (secondary N) is 1. The van der Waals surface area contributed by atoms with Crippen LogP contribution in [-0.2, 0) is 28.7 Å². The third kappa shape index (κ3) is 6.89. The van der Waals surface area contributed by atoms with Crippen LogP contribution in [0.25, 0.3) is 0 Å². The van der Waals surface area contributed by atoms with Crippen LogP contribution in [0.3, 0.4) is 0 Å². The van der Waals surface area contributed by atoms with E-state index in [0.717, 1.165) is 5.56 Å². The highest BCUT2D eigenvalue weighted by Gasteiger charge is 2.77. The lowest BCUT2D eigenvalue weighted by Crippen LogP contribution is -2.60. The highest BCUT2D eigenvalue weighted by Crippen LogP contribution is 2.61. The van der Waals surface area contributed by atoms with Gasteiger partial charge >= 0.3 is 5.97 Å². The van der Waals surface area contributed by atoms with Crippen molar-refractivity contribution < 1.29 is 33.8 Å². The Morgan fingerprint density at radius 3 is 2.52 bits per heavy atom. The molecule has 3 saturated heterocycles. The fraction of sp³-hybridized carbons (Fsp3) is 0.474. The number of carbonyl (C=O) groups is 4. The number of fused-ring (bicyclic) bond motifs is 1. The summed E-state index contributed by atoms with van der Waals surface area (Å²) in [7, 11) is 0. The molecule has 12 heteroatoms. The quantitative estimate of drug-likeness (QED) is 0.143. The van der Waals surface area contributed by atoms with Gasteiger partial charge < -0.3 is 29.7 Å². The predicted octanol–water partition coefficient (Wildman–Crippen LogP) is 5.30. The first-order valence-corrected chi connectivity index (χ1v) is 18.2. The maximum Gasteiger partial charge on any atom is 0.306 e. The molecule has 10 nitrogen and oxygen atoms in total. The molecular formula is C38H45BrClN3O7. The summed E-state index contributed by atoms with van der Waals surface area (Å²) in [4.78, 5) is 59.3. The van der Waals surface area contributed by atoms with E-state index >= 15 is 4.79 Å². The predicted molar refractivity (Wildman–Crippen MR) is 195 cm³/mol. The van der Waals surface area contributed by atoms with E-state index in [9.17, 15) is 19.5 Å². The zero-order chi connectivity index (χ0) is 36.3. The van der Waals surface area contributed by atoms with E-state index in [0.29, 0.717) is 22.7 Å². The molecule has 2 aromatic rings. The Morgan fingerprint density at radius 1 is 1.18 bits per heavy atom. The lowest BCUT2D eigenvalue weighted by Gasteiger charge is -2.40. The third-order valence-corrected chi connectivity index (χ3v) is 11.2. The van der Waals surface area contributed by atoms with Crippen LogP contribution in [-0.4, -0.2) is 82.1 Å². The number of aryl methyl sites for hydroxylation is 1. The number of rotatable bonds is 15. The Labute approximate surface area is 306 Å². The molecule has 2 aromatic carbocycles. The number of allylic oxidation sites excluding steroid dienone is 1. The molecule has 2 bridgehead atoms. The molecule has 1 unspecified atom stereocenters. The summed E-state index contributed by atoms with van der Waals surface area (Å²) in [5.41, 5.74) is 0.576. The number of esters is 1. The molecule has 3 aliphatic rings. The molecule has 0 aromatic heterocycles. The van der Waals surface area contributed by atoms with Crippen molar-refractivity contribution in [3.05, 3.63) is 90.0 Å². The standard InChI is InChI=1S/C38H45BrClN3O7/c1-6-8-17-29(45)49-21-27(24-14-10-9-11-15-24)41-35(46)30-31-36(47)43(28(20-44)22(3)4)34(38(31)19-25(39)33(30)50-38)37(48)42(18-7-2)32-23(5)13-12-16-26(32)40/h6-7,9-16,22,25,27-28,30-31,33-34,44H,1-2,8,17-21H2,3-5H3,(H,41,46)/t25?,27-,28+,30+,31-,33+,34+,38-/m1/s1. The van der Waals surface area contributed by atoms with Gasteiger partial charge in [0.2, 0.25) is 11.8 Å². The van der Waals surface area contributed by atoms with Crippen LogP contribution in [0.4, 0.5) is 5.69 Å². The average molecular weight is 771 g/mol. The van der Waals surface area contributed by atoms with Gasteiger partial charge in [-0.3, -0.25) is 19.2 Å². The molecule has 50 heavy (non-hydrogen) atoms. The summed E-state index contributed by atoms with van der Waals surface area (Å²) in [6.45, 7) is 12.7. The molecule has 0 radical (unpaired) electrons. The summed E-state index contributed by atoms with van der Waals surface area (Å²) >= 11 is 10.4. The van der Waals surface area contributed by atoms with Crippen molar-refractivity contribution in [3.63, 3.8) is 0 Å². The molecule has 2 N–H and O–H groups in total. The highest BCUT2D eigenvalue weighted by atomic mass is 79.9. The lowest BCUT2D eigenvalue weighted by atomic mass is 9.70. The van der Waals surface area contributed by atoms with Gasteiger partial charge in [-0.15, -0.1) is 13.2 Å². The van der Waals surface area contributed by atoms with Crippen molar-refractivity contribution >= 4 is 56.9 Å². The minimum atomic E-state index is -1.38. The molecule has 1 spiro atoms. The lowest BCUT2D eigenvalue weighted by molar-refractivity contribution is -0.147. The van der Waals surface area contributed by atoms with E-state index in [1.807, 2.05) is 57.2 Å². The van der Waals surface area contributed by atoms with Crippen LogP contribution in [0.1, 0.15) is 50.3 Å². The number of halogens is 2. The SMILES string of the molecule is C=CCCC(=O)OC[C@@H](NC(=O)[C@@H]1[C@H]2O[C@@]3(CC2Br)[C@H](C(=O)N(CC=C)c2c(C)cccc2Cl)N([C@@H](CO)C(C)C)C(=O)[C@@H]13)c1ccccc1. The van der Waals surface area contributed by atoms with E-state index < -0.39 is 72.0 Å². The van der Waals surface area contributed by atoms with Crippen LogP contribution in [0.2, 0.25) is 5.02 Å². The second-order valence-electron chi connectivity index (χ2n) is 13.5. The van der Waals surface area contributed by atoms with Gasteiger partial charge in [0.15, 0.2) is 0 Å². The highest BCUT2D eigenvalue weighted by molar-refractivity contribution is 9.09. The van der Waals surface area contributed by atoms with E-state index in [1.54, 1.807) is 24.3 Å². The molecule has 3 heterocycles. The molecule has 0 aliphatic carbocycles. The molecule has 0 saturated carbocycles. The number of carbonyl (C=O) groups excluding carboxylic acids is 4. The summed E-state index contributed by atoms with van der Waals surface area (Å²) < 4.78 is 12.3. The Hall–Kier alpha value is -3.51. The second-order valence-corrected chi connectivity index (χ2v) is 15.1. The fourth-order valence-electron chi connectivity index (χ4n) is 7.80. The molecule has 3 fully saturated rings. The van der Waals surface area contributed by atoms with Crippen molar-refractivity contribution in [1.29, 1.82) is 0 Å². The number of aliphatic hydroxyl groups is 1. The summed E-state index contributed by atoms with van der Waals surface area (Å²) in [6, 6.07) is 11.9. The fourth-order valence-corrected chi connectivity index (χ4v) is 9.07. The van der Waals surface area contributed by atoms with Crippen molar-refractivity contribution in [2.45, 2.75) is 74.7 Å². The molecule has 3 amide bonds. The Balaban J connectivity index is 1.55. The summed E-state index contributed by atoms with van der Waals surface area (Å²) in [6.07, 6.45) is 3.40. The number of likely N-dealkylation sites (tertiary alicyclic amines) is 1. The number of hydrogen-bond acceptors (Lipinski definition) is 7. The molecule has 8 atom stereocenters. The summed E-state index contributed by atoms with van der Waals surface area (Å²) in [5.74, 6) is -3.99. The third-order valence-electron chi connectivity index (χ3n) is 10.1. The monoisotopic (exact) mass is 769 g/mol. The van der Waals surface area contributed by atoms with Crippen molar-refractivity contribution in [2.75, 3.05) is 24.7 Å². The van der Waals surface area contributed by atoms with Gasteiger partial charge in [-0.2, -0.15) is 0 Å². The maximum atomic E-state index is 15.0. The number of alkyl halides is 1. The van der Waals surface area contributed by atoms with Crippen LogP contribution in [0.5, 0.6) is 0 Å². The average Bonchev–Trinajstić information content (AvgIpc) is 3.68. The topological polar surface area (TPSA) is 125 Å². The van der Waals surface area contributed by atoms with E-state index in [2.05, 4.69) is 34.4 Å². The zero-order valence-corrected chi connectivity index (χ0v) is 30.9. The van der Waals surface area contributed by atoms with Gasteiger partial charge in [-0.25, -0.2) is 0 Å². The number of nitrogens with zero attached hydrogens (tertiary/aromatic N) is 2. The van der Waals surface area contributed by atoms with E-state index in [-0.39, 0.29) is 36.7 Å². The number of para-hydroxylation sites is 1. The molecular weight excluding hydrogens is 726 g/mol. The number of benzene rings is 2. The number of ether oxygens (including phenoxy) is 2. The number of amides is 3. The first-order chi connectivity index (χ1) is 23.9. The second kappa shape index (κ2) is 15.8. The van der Waals surface area contributed by atoms with Crippen LogP contribution in [0, 0.1) is 24.7 Å². The minimum Gasteiger partial charge on any atom is -0.463 e. The largest absolute Gasteiger partial charge is 0.463 e. The first kappa shape index (κ1) is 37.7. The Morgan fingerprint density at radius 2 is 1.90 bits per heavy atom. The molecule has 268 valence electrons. The number of aliphatic hydroxyl groups excluding tert-OH is 1. The Kier molecular flexibility index (Phi) is 11.9. The van der Waals surface area contributed by atoms with E-state index in [1.165, 1.54) is 9.80 Å². The number of anilines is 1. The van der Waals surface area contributed by atoms with Crippen molar-refractivity contribution in [1.82, 2.24) is 10.2 Å². The zero-order valence-electron chi connectivity index (χ0n) is 28.6. The van der Waals surface area contributed by atoms with E-state index in [4.69, 9.17) is 21.1 Å². The van der Waals surface area contributed by atoms with Gasteiger partial charge in [0, 0.05) is 17.8 Å². The Bertz CT molecular complexity index is 1600. The summed E-state index contributed by atoms with van der Waals surface area (Å²) in [5, 5.41) is 14.1. The van der Waals surface area contributed by atoms with Gasteiger partial charge in [0.05, 0.1) is 47.3 Å². The smallest absolute Gasteiger partial charge is 0.306 e. The molecule has 5 rings (SSSR count). The maximum absolute atomic E-state index is 15.0. The van der Waals surface area contributed by atoms with Crippen molar-refractivity contribution in [3.8, 4) is 0 Å². The molecule has 3 aliphatic heterocycles. The number of hydrogen-bond donors (Lipinski definition) is 2. The normalized spacial score (nSPS) is 26.3. The minimum absolute atomic E-state index is 0.101. The van der Waals surface area contributed by atoms with Crippen LogP contribution in [0.15, 0.2) is 73.8 Å². The first-order valence-electron chi connectivity index (χ1n) is 17.0. The van der Waals surface area contributed by atoms with Gasteiger partial charge in [-0.1, -0.05) is 96.0 Å². The van der Waals surface area contributed by atoms with Gasteiger partial charge in [0.25, 0.3) is 5.91 Å². The van der Waals surface area contributed by atoms with Crippen LogP contribution < -0.4 is 10.2 Å². The van der Waals surface area contributed by atoms with Crippen LogP contribution >= 0.6 is 27.5 Å².